The quantitative estimate of drug-likeness (QED) is 0.223. The highest BCUT2D eigenvalue weighted by molar-refractivity contribution is 5.96. The van der Waals surface area contributed by atoms with E-state index in [-0.39, 0.29) is 18.5 Å². The Morgan fingerprint density at radius 1 is 1.00 bits per heavy atom. The summed E-state index contributed by atoms with van der Waals surface area (Å²) in [7, 11) is 0. The van der Waals surface area contributed by atoms with Gasteiger partial charge in [0.2, 0.25) is 0 Å². The third-order valence-electron chi connectivity index (χ3n) is 7.90. The summed E-state index contributed by atoms with van der Waals surface area (Å²) in [5.74, 6) is 0.385. The van der Waals surface area contributed by atoms with Crippen LogP contribution < -0.4 is 10.6 Å². The van der Waals surface area contributed by atoms with E-state index in [1.54, 1.807) is 34.7 Å². The van der Waals surface area contributed by atoms with Gasteiger partial charge in [-0.2, -0.15) is 18.2 Å². The average molecular weight is 519 g/mol. The molecule has 1 aliphatic carbocycles. The summed E-state index contributed by atoms with van der Waals surface area (Å²) in [6.45, 7) is 0.655. The highest BCUT2D eigenvalue weighted by Gasteiger charge is 2.64. The Hall–Kier alpha value is -4.21. The summed E-state index contributed by atoms with van der Waals surface area (Å²) in [6, 6.07) is 15.6. The normalized spacial score (nSPS) is 16.7. The van der Waals surface area contributed by atoms with E-state index >= 15 is 0 Å². The van der Waals surface area contributed by atoms with Crippen molar-refractivity contribution in [3.63, 3.8) is 0 Å². The molecule has 0 bridgehead atoms. The van der Waals surface area contributed by atoms with Crippen molar-refractivity contribution in [2.24, 2.45) is 0 Å². The Bertz CT molecular complexity index is 1720. The third-order valence-corrected chi connectivity index (χ3v) is 7.90. The topological polar surface area (TPSA) is 72.3 Å². The maximum Gasteiger partial charge on any atom is 0.398 e. The lowest BCUT2D eigenvalue weighted by Crippen LogP contribution is -2.28. The minimum atomic E-state index is -4.24. The molecule has 3 aromatic carbocycles. The molecule has 10 heteroatoms. The van der Waals surface area contributed by atoms with Gasteiger partial charge in [0.1, 0.15) is 18.0 Å². The highest BCUT2D eigenvalue weighted by Crippen LogP contribution is 2.59. The van der Waals surface area contributed by atoms with Gasteiger partial charge in [0.15, 0.2) is 0 Å². The van der Waals surface area contributed by atoms with Gasteiger partial charge in [-0.15, -0.1) is 10.2 Å². The molecule has 0 atom stereocenters. The molecule has 5 aromatic rings. The predicted octanol–water partition coefficient (Wildman–Crippen LogP) is 6.34. The number of benzene rings is 3. The van der Waals surface area contributed by atoms with Crippen molar-refractivity contribution in [2.45, 2.75) is 37.3 Å². The number of halogens is 4. The molecule has 3 heterocycles. The lowest BCUT2D eigenvalue weighted by molar-refractivity contribution is -0.160. The van der Waals surface area contributed by atoms with E-state index < -0.39 is 17.4 Å². The Morgan fingerprint density at radius 3 is 2.53 bits per heavy atom. The van der Waals surface area contributed by atoms with Gasteiger partial charge in [-0.3, -0.25) is 4.40 Å². The second-order valence-corrected chi connectivity index (χ2v) is 10.0. The molecule has 6 nitrogen and oxygen atoms in total. The van der Waals surface area contributed by atoms with Crippen LogP contribution in [0.25, 0.3) is 27.8 Å². The smallest absolute Gasteiger partial charge is 0.396 e. The van der Waals surface area contributed by atoms with Gasteiger partial charge in [0.25, 0.3) is 5.78 Å². The first kappa shape index (κ1) is 22.9. The van der Waals surface area contributed by atoms with Gasteiger partial charge < -0.3 is 10.6 Å². The number of rotatable bonds is 3. The van der Waals surface area contributed by atoms with Crippen LogP contribution in [0.5, 0.6) is 0 Å². The lowest BCUT2D eigenvalue weighted by Gasteiger charge is -2.32. The van der Waals surface area contributed by atoms with Crippen molar-refractivity contribution >= 4 is 33.9 Å². The van der Waals surface area contributed by atoms with E-state index in [4.69, 9.17) is 10.7 Å². The molecule has 2 aliphatic rings. The average Bonchev–Trinajstić information content (AvgIpc) is 3.61. The number of nitrogen functional groups attached to an aromatic ring is 1. The number of hydrogen-bond acceptors (Lipinski definition) is 5. The van der Waals surface area contributed by atoms with Crippen LogP contribution in [0.1, 0.15) is 30.4 Å². The fourth-order valence-electron chi connectivity index (χ4n) is 5.74. The summed E-state index contributed by atoms with van der Waals surface area (Å²) >= 11 is 0. The molecule has 0 spiro atoms. The van der Waals surface area contributed by atoms with Gasteiger partial charge >= 0.3 is 6.18 Å². The van der Waals surface area contributed by atoms with Gasteiger partial charge in [0, 0.05) is 17.6 Å². The lowest BCUT2D eigenvalue weighted by atomic mass is 9.89. The number of fused-ring (bicyclic) bond motifs is 4. The fraction of sp³-hybridized carbons (Fsp3) is 0.250. The molecular formula is C28H22F4N6. The standard InChI is InChI=1S/C28H22F4N6/c29-21-13-20-24(14-22(21)33)38-15-34-36-26(38)35-25(20)37-12-2-4-19-18(3-1-5-23(19)37)16-6-8-17(9-7-16)27(10-11-27)28(30,31)32/h1,3,5-9,13-15H,2,4,10-12,33H2. The zero-order chi connectivity index (χ0) is 26.2. The largest absolute Gasteiger partial charge is 0.398 e. The van der Waals surface area contributed by atoms with Crippen LogP contribution in [-0.2, 0) is 11.8 Å². The van der Waals surface area contributed by atoms with E-state index in [9.17, 15) is 17.6 Å². The van der Waals surface area contributed by atoms with Crippen molar-refractivity contribution < 1.29 is 17.6 Å². The number of alkyl halides is 3. The molecule has 1 fully saturated rings. The van der Waals surface area contributed by atoms with Crippen molar-refractivity contribution in [3.8, 4) is 11.1 Å². The number of hydrogen-bond donors (Lipinski definition) is 1. The van der Waals surface area contributed by atoms with E-state index in [0.717, 1.165) is 35.2 Å². The summed E-state index contributed by atoms with van der Waals surface area (Å²) in [5.41, 5.74) is 8.95. The monoisotopic (exact) mass is 518 g/mol. The van der Waals surface area contributed by atoms with Crippen LogP contribution in [0.2, 0.25) is 0 Å². The number of aromatic nitrogens is 4. The summed E-state index contributed by atoms with van der Waals surface area (Å²) in [4.78, 5) is 6.78. The zero-order valence-electron chi connectivity index (χ0n) is 20.1. The Labute approximate surface area is 214 Å². The molecule has 2 aromatic heterocycles. The minimum Gasteiger partial charge on any atom is -0.396 e. The van der Waals surface area contributed by atoms with E-state index in [0.29, 0.717) is 34.6 Å². The van der Waals surface area contributed by atoms with Gasteiger partial charge in [-0.25, -0.2) is 4.39 Å². The molecule has 0 unspecified atom stereocenters. The summed E-state index contributed by atoms with van der Waals surface area (Å²) < 4.78 is 57.1. The minimum absolute atomic E-state index is 0.0212. The first-order chi connectivity index (χ1) is 18.3. The molecule has 7 rings (SSSR count). The first-order valence-electron chi connectivity index (χ1n) is 12.4. The Morgan fingerprint density at radius 2 is 1.79 bits per heavy atom. The van der Waals surface area contributed by atoms with E-state index in [1.165, 1.54) is 12.4 Å². The van der Waals surface area contributed by atoms with Gasteiger partial charge in [-0.1, -0.05) is 36.4 Å². The molecule has 2 N–H and O–H groups in total. The fourth-order valence-corrected chi connectivity index (χ4v) is 5.74. The van der Waals surface area contributed by atoms with Crippen molar-refractivity contribution in [3.05, 3.63) is 77.9 Å². The van der Waals surface area contributed by atoms with Crippen molar-refractivity contribution in [1.29, 1.82) is 0 Å². The summed E-state index contributed by atoms with van der Waals surface area (Å²) in [6.07, 6.45) is -0.848. The first-order valence-corrected chi connectivity index (χ1v) is 12.4. The third kappa shape index (κ3) is 3.28. The maximum absolute atomic E-state index is 14.6. The van der Waals surface area contributed by atoms with Crippen LogP contribution in [0.15, 0.2) is 60.9 Å². The molecule has 1 saturated carbocycles. The molecule has 192 valence electrons. The van der Waals surface area contributed by atoms with Crippen LogP contribution in [0, 0.1) is 5.82 Å². The maximum atomic E-state index is 14.6. The second-order valence-electron chi connectivity index (χ2n) is 10.0. The van der Waals surface area contributed by atoms with Crippen LogP contribution in [0.3, 0.4) is 0 Å². The van der Waals surface area contributed by atoms with Crippen molar-refractivity contribution in [1.82, 2.24) is 19.6 Å². The van der Waals surface area contributed by atoms with E-state index in [2.05, 4.69) is 10.2 Å². The van der Waals surface area contributed by atoms with Gasteiger partial charge in [0.05, 0.1) is 16.6 Å². The van der Waals surface area contributed by atoms with Crippen LogP contribution in [0.4, 0.5) is 34.8 Å². The molecular weight excluding hydrogens is 496 g/mol. The molecule has 38 heavy (non-hydrogen) atoms. The van der Waals surface area contributed by atoms with E-state index in [1.807, 2.05) is 23.1 Å². The number of nitrogens with two attached hydrogens (primary N) is 1. The molecule has 1 aliphatic heterocycles. The van der Waals surface area contributed by atoms with Crippen LogP contribution in [-0.4, -0.2) is 32.3 Å². The number of nitrogens with zero attached hydrogens (tertiary/aromatic N) is 5. The number of anilines is 3. The van der Waals surface area contributed by atoms with Crippen LogP contribution >= 0.6 is 0 Å². The van der Waals surface area contributed by atoms with Gasteiger partial charge in [-0.05, 0) is 66.1 Å². The molecule has 0 radical (unpaired) electrons. The zero-order valence-corrected chi connectivity index (χ0v) is 20.1. The second kappa shape index (κ2) is 7.89. The highest BCUT2D eigenvalue weighted by atomic mass is 19.4. The SMILES string of the molecule is Nc1cc2c(cc1F)c(N1CCCc3c(-c4ccc(C5(C(F)(F)F)CC5)cc4)cccc31)nc1nncn12. The predicted molar refractivity (Wildman–Crippen MR) is 137 cm³/mol. The Kier molecular flexibility index (Phi) is 4.77. The van der Waals surface area contributed by atoms with Crippen molar-refractivity contribution in [2.75, 3.05) is 17.2 Å². The molecule has 0 saturated heterocycles. The molecule has 0 amide bonds. The Balaban J connectivity index is 1.34. The summed E-state index contributed by atoms with van der Waals surface area (Å²) in [5, 5.41) is 8.64.